The largest absolute Gasteiger partial charge is 0.399 e. The predicted octanol–water partition coefficient (Wildman–Crippen LogP) is 3.98. The highest BCUT2D eigenvalue weighted by Gasteiger charge is 2.27. The first kappa shape index (κ1) is 18.0. The smallest absolute Gasteiger partial charge is 0.155 e. The minimum atomic E-state index is -2.95. The first-order valence-electron chi connectivity index (χ1n) is 7.79. The fourth-order valence-corrected chi connectivity index (χ4v) is 3.34. The lowest BCUT2D eigenvalue weighted by Gasteiger charge is -2.18. The Hall–Kier alpha value is -1.03. The van der Waals surface area contributed by atoms with Crippen LogP contribution in [-0.4, -0.2) is 18.9 Å². The van der Waals surface area contributed by atoms with Crippen molar-refractivity contribution in [2.45, 2.75) is 64.0 Å². The molecule has 120 valence electrons. The number of nitrogen functional groups attached to an aromatic ring is 1. The van der Waals surface area contributed by atoms with E-state index in [2.05, 4.69) is 12.1 Å². The molecule has 1 aromatic carbocycles. The van der Waals surface area contributed by atoms with Gasteiger partial charge in [-0.25, -0.2) is 8.42 Å². The van der Waals surface area contributed by atoms with Gasteiger partial charge in [-0.15, -0.1) is 0 Å². The molecule has 0 amide bonds. The number of unbranched alkanes of at least 4 members (excludes halogenated alkanes) is 4. The molecule has 4 heteroatoms. The van der Waals surface area contributed by atoms with Gasteiger partial charge in [-0.2, -0.15) is 0 Å². The van der Waals surface area contributed by atoms with Crippen LogP contribution >= 0.6 is 0 Å². The second-order valence-corrected chi connectivity index (χ2v) is 9.55. The minimum Gasteiger partial charge on any atom is -0.399 e. The van der Waals surface area contributed by atoms with E-state index < -0.39 is 14.6 Å². The van der Waals surface area contributed by atoms with E-state index in [9.17, 15) is 8.42 Å². The van der Waals surface area contributed by atoms with E-state index in [0.29, 0.717) is 5.75 Å². The fourth-order valence-electron chi connectivity index (χ4n) is 2.14. The maximum Gasteiger partial charge on any atom is 0.155 e. The molecule has 0 aromatic heterocycles. The third-order valence-electron chi connectivity index (χ3n) is 3.79. The topological polar surface area (TPSA) is 60.2 Å². The van der Waals surface area contributed by atoms with Crippen molar-refractivity contribution < 1.29 is 8.42 Å². The molecule has 1 rings (SSSR count). The average molecular weight is 311 g/mol. The fraction of sp³-hybridized carbons (Fsp3) is 0.647. The molecule has 0 radical (unpaired) electrons. The summed E-state index contributed by atoms with van der Waals surface area (Å²) in [5.41, 5.74) is 7.78. The number of rotatable bonds is 8. The summed E-state index contributed by atoms with van der Waals surface area (Å²) in [4.78, 5) is 0. The van der Waals surface area contributed by atoms with E-state index in [4.69, 9.17) is 5.73 Å². The molecule has 0 saturated heterocycles. The van der Waals surface area contributed by atoms with Crippen LogP contribution in [-0.2, 0) is 16.3 Å². The van der Waals surface area contributed by atoms with E-state index in [-0.39, 0.29) is 0 Å². The highest BCUT2D eigenvalue weighted by Crippen LogP contribution is 2.18. The van der Waals surface area contributed by atoms with Gasteiger partial charge < -0.3 is 5.73 Å². The quantitative estimate of drug-likeness (QED) is 0.583. The van der Waals surface area contributed by atoms with Crippen molar-refractivity contribution in [3.05, 3.63) is 29.8 Å². The molecule has 21 heavy (non-hydrogen) atoms. The molecule has 0 atom stereocenters. The maximum atomic E-state index is 11.9. The standard InChI is InChI=1S/C17H29NO2S/c1-17(2,3)21(19,20)14-8-6-4-5-7-9-15-10-12-16(18)13-11-15/h10-13H,4-9,14,18H2,1-3H3. The van der Waals surface area contributed by atoms with Gasteiger partial charge in [0.05, 0.1) is 10.5 Å². The first-order chi connectivity index (χ1) is 9.72. The highest BCUT2D eigenvalue weighted by molar-refractivity contribution is 7.92. The Balaban J connectivity index is 2.12. The minimum absolute atomic E-state index is 0.314. The van der Waals surface area contributed by atoms with Gasteiger partial charge in [-0.3, -0.25) is 0 Å². The second-order valence-electron chi connectivity index (χ2n) is 6.69. The summed E-state index contributed by atoms with van der Waals surface area (Å²) in [6.45, 7) is 5.32. The summed E-state index contributed by atoms with van der Waals surface area (Å²) in [6, 6.07) is 8.02. The van der Waals surface area contributed by atoms with Crippen LogP contribution in [0.1, 0.15) is 58.4 Å². The number of sulfone groups is 1. The van der Waals surface area contributed by atoms with Crippen molar-refractivity contribution >= 4 is 15.5 Å². The lowest BCUT2D eigenvalue weighted by molar-refractivity contribution is 0.552. The number of hydrogen-bond acceptors (Lipinski definition) is 3. The van der Waals surface area contributed by atoms with E-state index in [1.807, 2.05) is 12.1 Å². The summed E-state index contributed by atoms with van der Waals surface area (Å²) >= 11 is 0. The van der Waals surface area contributed by atoms with E-state index in [0.717, 1.165) is 44.2 Å². The van der Waals surface area contributed by atoms with Crippen LogP contribution in [0.2, 0.25) is 0 Å². The zero-order chi connectivity index (χ0) is 15.9. The number of nitrogens with two attached hydrogens (primary N) is 1. The van der Waals surface area contributed by atoms with Gasteiger partial charge in [0.15, 0.2) is 9.84 Å². The molecule has 3 nitrogen and oxygen atoms in total. The number of hydrogen-bond donors (Lipinski definition) is 1. The normalized spacial score (nSPS) is 12.5. The van der Waals surface area contributed by atoms with Crippen molar-refractivity contribution in [3.8, 4) is 0 Å². The third-order valence-corrected chi connectivity index (χ3v) is 6.48. The van der Waals surface area contributed by atoms with Gasteiger partial charge in [0.1, 0.15) is 0 Å². The molecule has 0 fully saturated rings. The lowest BCUT2D eigenvalue weighted by Crippen LogP contribution is -2.30. The van der Waals surface area contributed by atoms with Gasteiger partial charge in [-0.1, -0.05) is 31.4 Å². The van der Waals surface area contributed by atoms with Gasteiger partial charge >= 0.3 is 0 Å². The molecule has 0 spiro atoms. The highest BCUT2D eigenvalue weighted by atomic mass is 32.2. The Bertz CT molecular complexity index is 513. The summed E-state index contributed by atoms with van der Waals surface area (Å²) in [5, 5.41) is 0. The summed E-state index contributed by atoms with van der Waals surface area (Å²) in [6.07, 6.45) is 6.25. The van der Waals surface area contributed by atoms with Gasteiger partial charge in [0.2, 0.25) is 0 Å². The predicted molar refractivity (Wildman–Crippen MR) is 91.2 cm³/mol. The van der Waals surface area contributed by atoms with Crippen LogP contribution in [0.3, 0.4) is 0 Å². The van der Waals surface area contributed by atoms with Crippen LogP contribution in [0.4, 0.5) is 5.69 Å². The molecule has 0 aliphatic rings. The van der Waals surface area contributed by atoms with Gasteiger partial charge in [0, 0.05) is 5.69 Å². The maximum absolute atomic E-state index is 11.9. The molecular weight excluding hydrogens is 282 g/mol. The van der Waals surface area contributed by atoms with Gasteiger partial charge in [-0.05, 0) is 57.7 Å². The van der Waals surface area contributed by atoms with Gasteiger partial charge in [0.25, 0.3) is 0 Å². The Kier molecular flexibility index (Phi) is 6.72. The van der Waals surface area contributed by atoms with Crippen molar-refractivity contribution in [2.75, 3.05) is 11.5 Å². The van der Waals surface area contributed by atoms with Crippen molar-refractivity contribution in [2.24, 2.45) is 0 Å². The SMILES string of the molecule is CC(C)(C)S(=O)(=O)CCCCCCCc1ccc(N)cc1. The third kappa shape index (κ3) is 6.51. The van der Waals surface area contributed by atoms with E-state index >= 15 is 0 Å². The van der Waals surface area contributed by atoms with Crippen LogP contribution in [0.5, 0.6) is 0 Å². The first-order valence-corrected chi connectivity index (χ1v) is 9.44. The Morgan fingerprint density at radius 2 is 1.43 bits per heavy atom. The Labute approximate surface area is 129 Å². The second kappa shape index (κ2) is 7.83. The average Bonchev–Trinajstić information content (AvgIpc) is 2.38. The molecule has 0 aliphatic carbocycles. The molecule has 0 unspecified atom stereocenters. The zero-order valence-electron chi connectivity index (χ0n) is 13.6. The molecule has 0 aliphatic heterocycles. The van der Waals surface area contributed by atoms with E-state index in [1.54, 1.807) is 20.8 Å². The van der Waals surface area contributed by atoms with Crippen LogP contribution in [0.15, 0.2) is 24.3 Å². The van der Waals surface area contributed by atoms with Crippen LogP contribution in [0.25, 0.3) is 0 Å². The van der Waals surface area contributed by atoms with Crippen molar-refractivity contribution in [1.82, 2.24) is 0 Å². The number of benzene rings is 1. The van der Waals surface area contributed by atoms with E-state index in [1.165, 1.54) is 5.56 Å². The summed E-state index contributed by atoms with van der Waals surface area (Å²) < 4.78 is 23.3. The molecule has 0 heterocycles. The van der Waals surface area contributed by atoms with Crippen LogP contribution in [0, 0.1) is 0 Å². The molecule has 0 saturated carbocycles. The Morgan fingerprint density at radius 1 is 0.905 bits per heavy atom. The Morgan fingerprint density at radius 3 is 2.00 bits per heavy atom. The summed E-state index contributed by atoms with van der Waals surface area (Å²) in [7, 11) is -2.95. The summed E-state index contributed by atoms with van der Waals surface area (Å²) in [5.74, 6) is 0.314. The lowest BCUT2D eigenvalue weighted by atomic mass is 10.1. The molecule has 2 N–H and O–H groups in total. The number of anilines is 1. The zero-order valence-corrected chi connectivity index (χ0v) is 14.4. The monoisotopic (exact) mass is 311 g/mol. The molecular formula is C17H29NO2S. The molecule has 0 bridgehead atoms. The van der Waals surface area contributed by atoms with Crippen molar-refractivity contribution in [3.63, 3.8) is 0 Å². The van der Waals surface area contributed by atoms with Crippen molar-refractivity contribution in [1.29, 1.82) is 0 Å². The number of aryl methyl sites for hydroxylation is 1. The van der Waals surface area contributed by atoms with Crippen LogP contribution < -0.4 is 5.73 Å². The molecule has 1 aromatic rings.